The molecule has 0 radical (unpaired) electrons. The molecule has 2 spiro atoms. The lowest BCUT2D eigenvalue weighted by Gasteiger charge is -2.70. The summed E-state index contributed by atoms with van der Waals surface area (Å²) < 4.78 is 37.6. The van der Waals surface area contributed by atoms with Crippen molar-refractivity contribution in [1.82, 2.24) is 0 Å². The number of aliphatic hydroxyl groups is 7. The molecule has 0 aromatic carbocycles. The first-order valence-electron chi connectivity index (χ1n) is 20.8. The number of aliphatic hydroxyl groups excluding tert-OH is 7. The molecule has 3 saturated heterocycles. The van der Waals surface area contributed by atoms with Crippen LogP contribution in [0, 0.1) is 45.3 Å². The highest BCUT2D eigenvalue weighted by molar-refractivity contribution is 5.41. The van der Waals surface area contributed by atoms with Crippen molar-refractivity contribution < 1.29 is 64.2 Å². The van der Waals surface area contributed by atoms with E-state index in [1.54, 1.807) is 0 Å². The topological polar surface area (TPSA) is 197 Å². The Kier molecular flexibility index (Phi) is 10.4. The largest absolute Gasteiger partial charge is 0.394 e. The molecule has 0 aromatic rings. The molecule has 4 heterocycles. The van der Waals surface area contributed by atoms with Crippen molar-refractivity contribution in [3.05, 3.63) is 22.8 Å². The zero-order chi connectivity index (χ0) is 39.6. The second kappa shape index (κ2) is 14.0. The van der Waals surface area contributed by atoms with E-state index in [1.165, 1.54) is 16.7 Å². The fourth-order valence-corrected chi connectivity index (χ4v) is 13.9. The summed E-state index contributed by atoms with van der Waals surface area (Å²) in [5.74, 6) is 0.946. The summed E-state index contributed by atoms with van der Waals surface area (Å²) in [6, 6.07) is 0. The maximum absolute atomic E-state index is 11.6. The minimum absolute atomic E-state index is 0.0218. The molecule has 7 N–H and O–H groups in total. The minimum atomic E-state index is -1.74. The molecular weight excluding hydrogens is 712 g/mol. The van der Waals surface area contributed by atoms with Crippen molar-refractivity contribution in [1.29, 1.82) is 0 Å². The van der Waals surface area contributed by atoms with Gasteiger partial charge in [0.2, 0.25) is 0 Å². The second-order valence-electron chi connectivity index (χ2n) is 19.8. The number of hydrogen-bond donors (Lipinski definition) is 7. The highest BCUT2D eigenvalue weighted by Gasteiger charge is 2.77. The van der Waals surface area contributed by atoms with Crippen molar-refractivity contribution in [2.24, 2.45) is 45.3 Å². The zero-order valence-corrected chi connectivity index (χ0v) is 33.6. The van der Waals surface area contributed by atoms with Gasteiger partial charge in [-0.3, -0.25) is 0 Å². The lowest BCUT2D eigenvalue weighted by atomic mass is 9.35. The Morgan fingerprint density at radius 1 is 0.764 bits per heavy atom. The molecule has 0 amide bonds. The standard InChI is InChI=1S/C42H66O13/c1-20(2)14-22-17-50-42-18-41(19-51-42)23(29(42)21(22)3)8-9-27-39(6)12-11-28(38(4,5)26(39)10-13-40(27,41)7)54-37-34(49)35(31(46)25(16-44)53-37)55-36-33(48)32(47)30(45)24(15-43)52-36/h14,22-28,30-37,43-49H,8-13,15-19H2,1-7H3. The van der Waals surface area contributed by atoms with E-state index in [-0.39, 0.29) is 33.7 Å². The van der Waals surface area contributed by atoms with E-state index in [2.05, 4.69) is 54.5 Å². The van der Waals surface area contributed by atoms with Crippen LogP contribution in [0.4, 0.5) is 0 Å². The Balaban J connectivity index is 1.02. The van der Waals surface area contributed by atoms with E-state index < -0.39 is 80.4 Å². The Hall–Kier alpha value is -1.04. The molecule has 0 aromatic heterocycles. The fourth-order valence-electron chi connectivity index (χ4n) is 13.9. The van der Waals surface area contributed by atoms with E-state index >= 15 is 0 Å². The number of allylic oxidation sites excluding steroid dienone is 1. The van der Waals surface area contributed by atoms with E-state index in [0.29, 0.717) is 24.4 Å². The average Bonchev–Trinajstić information content (AvgIpc) is 3.67. The molecule has 8 aliphatic rings. The van der Waals surface area contributed by atoms with Gasteiger partial charge in [0.25, 0.3) is 0 Å². The normalized spacial score (nSPS) is 54.3. The molecule has 2 bridgehead atoms. The van der Waals surface area contributed by atoms with E-state index in [0.717, 1.165) is 51.6 Å². The van der Waals surface area contributed by atoms with Gasteiger partial charge in [-0.25, -0.2) is 0 Å². The van der Waals surface area contributed by atoms with Crippen LogP contribution in [0.25, 0.3) is 0 Å². The quantitative estimate of drug-likeness (QED) is 0.147. The molecule has 7 fully saturated rings. The summed E-state index contributed by atoms with van der Waals surface area (Å²) in [7, 11) is 0. The van der Waals surface area contributed by atoms with E-state index in [9.17, 15) is 35.7 Å². The van der Waals surface area contributed by atoms with Crippen LogP contribution in [0.5, 0.6) is 0 Å². The number of ether oxygens (including phenoxy) is 6. The van der Waals surface area contributed by atoms with Gasteiger partial charge in [0, 0.05) is 17.8 Å². The molecule has 4 saturated carbocycles. The summed E-state index contributed by atoms with van der Waals surface area (Å²) >= 11 is 0. The average molecular weight is 779 g/mol. The Morgan fingerprint density at radius 3 is 2.11 bits per heavy atom. The highest BCUT2D eigenvalue weighted by atomic mass is 16.7. The molecule has 55 heavy (non-hydrogen) atoms. The van der Waals surface area contributed by atoms with Crippen molar-refractivity contribution in [2.75, 3.05) is 26.4 Å². The van der Waals surface area contributed by atoms with Crippen molar-refractivity contribution in [2.45, 2.75) is 167 Å². The van der Waals surface area contributed by atoms with Gasteiger partial charge in [0.1, 0.15) is 48.8 Å². The van der Waals surface area contributed by atoms with E-state index in [1.807, 2.05) is 0 Å². The Labute approximate surface area is 325 Å². The molecular formula is C42H66O13. The number of hydrogen-bond acceptors (Lipinski definition) is 13. The molecule has 8 rings (SSSR count). The van der Waals surface area contributed by atoms with Crippen LogP contribution in [-0.2, 0) is 28.4 Å². The first-order valence-corrected chi connectivity index (χ1v) is 20.8. The SMILES string of the molecule is CC(C)=CC1COC23CC4(CO2)C(CCC2C5(C)CCC(OC6OC(CO)C(O)C(OC7OC(CO)C(O)C(O)C7O)C6O)C(C)(C)C5CCC24C)C3=C1C. The van der Waals surface area contributed by atoms with Crippen LogP contribution in [0.15, 0.2) is 22.8 Å². The summed E-state index contributed by atoms with van der Waals surface area (Å²) in [5.41, 5.74) is 3.97. The molecule has 4 aliphatic carbocycles. The third-order valence-corrected chi connectivity index (χ3v) is 16.7. The van der Waals surface area contributed by atoms with Gasteiger partial charge in [-0.15, -0.1) is 0 Å². The van der Waals surface area contributed by atoms with Gasteiger partial charge in [-0.2, -0.15) is 0 Å². The molecule has 13 nitrogen and oxygen atoms in total. The molecule has 19 unspecified atom stereocenters. The van der Waals surface area contributed by atoms with Gasteiger partial charge < -0.3 is 64.2 Å². The van der Waals surface area contributed by atoms with Gasteiger partial charge in [-0.1, -0.05) is 44.9 Å². The number of rotatable bonds is 7. The van der Waals surface area contributed by atoms with Gasteiger partial charge in [0.05, 0.1) is 32.5 Å². The monoisotopic (exact) mass is 778 g/mol. The molecule has 312 valence electrons. The van der Waals surface area contributed by atoms with Crippen molar-refractivity contribution in [3.8, 4) is 0 Å². The number of fused-ring (bicyclic) bond motifs is 4. The van der Waals surface area contributed by atoms with Crippen LogP contribution in [0.2, 0.25) is 0 Å². The maximum Gasteiger partial charge on any atom is 0.191 e. The van der Waals surface area contributed by atoms with Crippen LogP contribution < -0.4 is 0 Å². The van der Waals surface area contributed by atoms with E-state index in [4.69, 9.17) is 28.4 Å². The third-order valence-electron chi connectivity index (χ3n) is 16.7. The fraction of sp³-hybridized carbons (Fsp3) is 0.905. The first kappa shape index (κ1) is 40.7. The van der Waals surface area contributed by atoms with Crippen LogP contribution in [0.1, 0.15) is 93.4 Å². The van der Waals surface area contributed by atoms with Crippen LogP contribution in [0.3, 0.4) is 0 Å². The Morgan fingerprint density at radius 2 is 1.44 bits per heavy atom. The summed E-state index contributed by atoms with van der Waals surface area (Å²) in [6.45, 7) is 16.4. The highest BCUT2D eigenvalue weighted by Crippen LogP contribution is 2.79. The summed E-state index contributed by atoms with van der Waals surface area (Å²) in [6.07, 6.45) is -5.92. The van der Waals surface area contributed by atoms with Crippen molar-refractivity contribution >= 4 is 0 Å². The zero-order valence-electron chi connectivity index (χ0n) is 33.6. The van der Waals surface area contributed by atoms with Gasteiger partial charge >= 0.3 is 0 Å². The summed E-state index contributed by atoms with van der Waals surface area (Å²) in [4.78, 5) is 0. The predicted molar refractivity (Wildman–Crippen MR) is 197 cm³/mol. The second-order valence-corrected chi connectivity index (χ2v) is 19.8. The summed E-state index contributed by atoms with van der Waals surface area (Å²) in [5, 5.41) is 73.7. The molecule has 13 heteroatoms. The lowest BCUT2D eigenvalue weighted by Crippen LogP contribution is -2.67. The lowest BCUT2D eigenvalue weighted by molar-refractivity contribution is -0.370. The Bertz CT molecular complexity index is 1530. The third kappa shape index (κ3) is 5.80. The van der Waals surface area contributed by atoms with Crippen LogP contribution >= 0.6 is 0 Å². The minimum Gasteiger partial charge on any atom is -0.394 e. The molecule has 19 atom stereocenters. The maximum atomic E-state index is 11.6. The predicted octanol–water partition coefficient (Wildman–Crippen LogP) is 2.31. The smallest absolute Gasteiger partial charge is 0.191 e. The molecule has 4 aliphatic heterocycles. The van der Waals surface area contributed by atoms with Gasteiger partial charge in [-0.05, 0) is 98.9 Å². The van der Waals surface area contributed by atoms with Gasteiger partial charge in [0.15, 0.2) is 18.4 Å². The first-order chi connectivity index (χ1) is 25.9. The van der Waals surface area contributed by atoms with Crippen LogP contribution in [-0.4, -0.2) is 135 Å². The van der Waals surface area contributed by atoms with Crippen molar-refractivity contribution in [3.63, 3.8) is 0 Å².